The fourth-order valence-corrected chi connectivity index (χ4v) is 6.49. The minimum atomic E-state index is -1.18. The zero-order valence-electron chi connectivity index (χ0n) is 23.0. The number of hydrogen-bond acceptors (Lipinski definition) is 6. The number of benzene rings is 1. The van der Waals surface area contributed by atoms with Crippen molar-refractivity contribution in [2.75, 3.05) is 11.9 Å². The minimum absolute atomic E-state index is 0.0664. The molecule has 2 fully saturated rings. The van der Waals surface area contributed by atoms with Crippen LogP contribution in [-0.2, 0) is 0 Å². The molecule has 38 heavy (non-hydrogen) atoms. The van der Waals surface area contributed by atoms with E-state index in [4.69, 9.17) is 4.74 Å². The molecule has 2 heterocycles. The first kappa shape index (κ1) is 26.5. The van der Waals surface area contributed by atoms with Crippen LogP contribution in [0.3, 0.4) is 0 Å². The Morgan fingerprint density at radius 2 is 1.71 bits per heavy atom. The van der Waals surface area contributed by atoms with Gasteiger partial charge in [0.2, 0.25) is 5.88 Å². The van der Waals surface area contributed by atoms with E-state index in [9.17, 15) is 5.11 Å². The Bertz CT molecular complexity index is 1350. The van der Waals surface area contributed by atoms with Crippen molar-refractivity contribution in [2.24, 2.45) is 10.8 Å². The van der Waals surface area contributed by atoms with Crippen LogP contribution < -0.4 is 9.64 Å². The summed E-state index contributed by atoms with van der Waals surface area (Å²) in [6.07, 6.45) is 7.42. The molecule has 0 spiro atoms. The topological polar surface area (TPSA) is 71.4 Å². The molecule has 11 heteroatoms. The van der Waals surface area contributed by atoms with Crippen molar-refractivity contribution < 1.29 is 18.6 Å². The van der Waals surface area contributed by atoms with Gasteiger partial charge in [0.15, 0.2) is 17.5 Å². The lowest BCUT2D eigenvalue weighted by Crippen LogP contribution is -2.42. The first-order valence-corrected chi connectivity index (χ1v) is 13.2. The van der Waals surface area contributed by atoms with Crippen LogP contribution in [0.2, 0.25) is 0 Å². The molecule has 1 N–H and O–H groups in total. The second-order valence-corrected chi connectivity index (χ2v) is 12.8. The Morgan fingerprint density at radius 3 is 2.32 bits per heavy atom. The number of fused-ring (bicyclic) bond motifs is 2. The smallest absolute Gasteiger partial charge is 0.212 e. The van der Waals surface area contributed by atoms with E-state index >= 15 is 8.78 Å². The summed E-state index contributed by atoms with van der Waals surface area (Å²) in [5.41, 5.74) is 0.692. The number of halogens is 2. The summed E-state index contributed by atoms with van der Waals surface area (Å²) in [5, 5.41) is 18.8. The quantitative estimate of drug-likeness (QED) is 0.509. The van der Waals surface area contributed by atoms with Crippen molar-refractivity contribution in [2.45, 2.75) is 57.3 Å². The lowest BCUT2D eigenvalue weighted by molar-refractivity contribution is 0.148. The van der Waals surface area contributed by atoms with E-state index in [1.807, 2.05) is 30.6 Å². The predicted octanol–water partition coefficient (Wildman–Crippen LogP) is 2.87. The van der Waals surface area contributed by atoms with Crippen molar-refractivity contribution in [3.05, 3.63) is 48.2 Å². The average molecular weight is 516 g/mol. The number of aromatic hydroxyl groups is 1. The highest BCUT2D eigenvalue weighted by atomic mass is 19.2. The highest BCUT2D eigenvalue weighted by Crippen LogP contribution is 2.58. The maximum Gasteiger partial charge on any atom is 0.212 e. The van der Waals surface area contributed by atoms with Gasteiger partial charge in [0, 0.05) is 36.2 Å². The van der Waals surface area contributed by atoms with E-state index in [2.05, 4.69) is 33.9 Å². The van der Waals surface area contributed by atoms with Gasteiger partial charge in [-0.25, -0.2) is 13.8 Å². The molecule has 196 valence electrons. The summed E-state index contributed by atoms with van der Waals surface area (Å²) < 4.78 is 36.4. The van der Waals surface area contributed by atoms with Crippen LogP contribution in [0.25, 0.3) is 22.4 Å². The molecule has 2 bridgehead atoms. The van der Waals surface area contributed by atoms with Gasteiger partial charge in [-0.15, -0.1) is 10.2 Å². The molecule has 2 aliphatic rings. The second-order valence-electron chi connectivity index (χ2n) is 12.8. The maximum absolute atomic E-state index is 15.3. The molecule has 2 aliphatic carbocycles. The minimum Gasteiger partial charge on any atom is -0.507 e. The fourth-order valence-electron chi connectivity index (χ4n) is 6.49. The molecule has 0 radical (unpaired) electrons. The van der Waals surface area contributed by atoms with Crippen LogP contribution in [0.1, 0.15) is 46.0 Å². The van der Waals surface area contributed by atoms with Gasteiger partial charge in [-0.1, -0.05) is 13.8 Å². The highest BCUT2D eigenvalue weighted by Gasteiger charge is 2.50. The molecular weight excluding hydrogens is 483 g/mol. The first-order valence-electron chi connectivity index (χ1n) is 13.2. The molecule has 2 saturated carbocycles. The summed E-state index contributed by atoms with van der Waals surface area (Å²) in [5.74, 6) is -1.75. The predicted molar refractivity (Wildman–Crippen MR) is 153 cm³/mol. The number of hydrogen-bond donors (Lipinski definition) is 1. The lowest BCUT2D eigenvalue weighted by Gasteiger charge is -2.44. The summed E-state index contributed by atoms with van der Waals surface area (Å²) in [6, 6.07) is 7.94. The number of anilines is 1. The second kappa shape index (κ2) is 9.28. The Morgan fingerprint density at radius 1 is 1.03 bits per heavy atom. The van der Waals surface area contributed by atoms with E-state index in [1.54, 1.807) is 12.1 Å². The molecule has 0 unspecified atom stereocenters. The summed E-state index contributed by atoms with van der Waals surface area (Å²) >= 11 is 0. The Balaban J connectivity index is 1.41. The van der Waals surface area contributed by atoms with Gasteiger partial charge in [-0.3, -0.25) is 0 Å². The molecule has 3 atom stereocenters. The molecule has 6 nitrogen and oxygen atoms in total. The Kier molecular flexibility index (Phi) is 6.47. The molecule has 0 amide bonds. The third-order valence-electron chi connectivity index (χ3n) is 8.10. The van der Waals surface area contributed by atoms with Gasteiger partial charge in [0.05, 0.1) is 11.3 Å². The number of ether oxygens (including phenoxy) is 1. The van der Waals surface area contributed by atoms with Crippen molar-refractivity contribution in [1.82, 2.24) is 15.2 Å². The number of phenolic OH excluding ortho intramolecular Hbond substituents is 1. The zero-order chi connectivity index (χ0) is 27.5. The standard InChI is InChI=1S/C27H33B3F2N4O2/c1-25-7-8-26(2,14-25)13-16(12-25)36(3)20-5-4-18(34-35-20)22-19(37)11-17(23(31)24(22)32)15-6-9-33-21(10-15)38-27(28,29)30/h4-6,9-11,16,37H,7-8,12-14,28-30H2,1-3H3/t16-,25-,26+. The van der Waals surface area contributed by atoms with Crippen molar-refractivity contribution in [3.8, 4) is 34.0 Å². The SMILES string of the molecule is BC(B)(B)Oc1cc(-c2cc(O)c(-c3ccc(N(C)[C@H]4C[C@]5(C)CC[C@](C)(C4)C5)nn3)c(F)c2F)ccn1. The average Bonchev–Trinajstić information content (AvgIpc) is 3.07. The fraction of sp³-hybridized carbons (Fsp3) is 0.444. The van der Waals surface area contributed by atoms with E-state index in [1.165, 1.54) is 43.7 Å². The van der Waals surface area contributed by atoms with Crippen LogP contribution in [0, 0.1) is 22.5 Å². The Labute approximate surface area is 225 Å². The molecule has 0 aliphatic heterocycles. The zero-order valence-corrected chi connectivity index (χ0v) is 23.0. The molecule has 5 rings (SSSR count). The highest BCUT2D eigenvalue weighted by molar-refractivity contribution is 6.58. The van der Waals surface area contributed by atoms with Crippen LogP contribution in [0.15, 0.2) is 36.5 Å². The van der Waals surface area contributed by atoms with Gasteiger partial charge in [0.1, 0.15) is 29.3 Å². The van der Waals surface area contributed by atoms with Crippen molar-refractivity contribution in [1.29, 1.82) is 0 Å². The molecule has 0 saturated heterocycles. The van der Waals surface area contributed by atoms with Crippen LogP contribution >= 0.6 is 0 Å². The summed E-state index contributed by atoms with van der Waals surface area (Å²) in [7, 11) is 7.62. The molecule has 2 aromatic heterocycles. The van der Waals surface area contributed by atoms with Crippen LogP contribution in [0.5, 0.6) is 11.6 Å². The monoisotopic (exact) mass is 516 g/mol. The van der Waals surface area contributed by atoms with E-state index in [0.717, 1.165) is 12.8 Å². The Hall–Kier alpha value is -3.10. The third kappa shape index (κ3) is 5.12. The number of phenols is 1. The van der Waals surface area contributed by atoms with E-state index in [0.29, 0.717) is 28.3 Å². The first-order chi connectivity index (χ1) is 17.8. The van der Waals surface area contributed by atoms with Gasteiger partial charge in [-0.2, -0.15) is 0 Å². The molecular formula is C27H33B3F2N4O2. The van der Waals surface area contributed by atoms with Gasteiger partial charge >= 0.3 is 0 Å². The number of pyridine rings is 1. The van der Waals surface area contributed by atoms with Crippen LogP contribution in [0.4, 0.5) is 14.6 Å². The number of nitrogens with zero attached hydrogens (tertiary/aromatic N) is 4. The number of rotatable bonds is 6. The van der Waals surface area contributed by atoms with Gasteiger partial charge in [-0.05, 0) is 72.8 Å². The lowest BCUT2D eigenvalue weighted by atomic mass is 9.52. The van der Waals surface area contributed by atoms with Crippen molar-refractivity contribution in [3.63, 3.8) is 0 Å². The maximum atomic E-state index is 15.3. The van der Waals surface area contributed by atoms with Crippen LogP contribution in [-0.4, -0.2) is 62.2 Å². The van der Waals surface area contributed by atoms with Gasteiger partial charge < -0.3 is 14.7 Å². The third-order valence-corrected chi connectivity index (χ3v) is 8.10. The normalized spacial score (nSPS) is 24.8. The summed E-state index contributed by atoms with van der Waals surface area (Å²) in [6.45, 7) is 4.75. The van der Waals surface area contributed by atoms with E-state index in [-0.39, 0.29) is 22.7 Å². The summed E-state index contributed by atoms with van der Waals surface area (Å²) in [4.78, 5) is 6.29. The number of aromatic nitrogens is 3. The van der Waals surface area contributed by atoms with E-state index < -0.39 is 22.7 Å². The van der Waals surface area contributed by atoms with Crippen molar-refractivity contribution >= 4 is 29.4 Å². The molecule has 3 aromatic rings. The molecule has 1 aromatic carbocycles. The largest absolute Gasteiger partial charge is 0.507 e. The van der Waals surface area contributed by atoms with Gasteiger partial charge in [0.25, 0.3) is 0 Å².